The number of carboxylic acids is 1. The number of alkyl halides is 5. The number of benzene rings is 3. The van der Waals surface area contributed by atoms with Crippen molar-refractivity contribution in [3.8, 4) is 5.75 Å². The summed E-state index contributed by atoms with van der Waals surface area (Å²) in [6.07, 6.45) is -3.98. The number of ether oxygens (including phenoxy) is 1. The van der Waals surface area contributed by atoms with E-state index in [0.717, 1.165) is 35.9 Å². The summed E-state index contributed by atoms with van der Waals surface area (Å²) in [6.45, 7) is 0.305. The molecule has 0 saturated heterocycles. The van der Waals surface area contributed by atoms with E-state index in [4.69, 9.17) is 9.84 Å². The fourth-order valence-corrected chi connectivity index (χ4v) is 3.53. The van der Waals surface area contributed by atoms with Gasteiger partial charge in [0.2, 0.25) is 0 Å². The summed E-state index contributed by atoms with van der Waals surface area (Å²) in [5, 5.41) is 11.5. The number of hydrogen-bond acceptors (Lipinski definition) is 3. The molecule has 1 unspecified atom stereocenters. The lowest BCUT2D eigenvalue weighted by Crippen LogP contribution is -2.24. The van der Waals surface area contributed by atoms with Gasteiger partial charge in [-0.3, -0.25) is 4.79 Å². The van der Waals surface area contributed by atoms with Crippen LogP contribution in [0.1, 0.15) is 41.2 Å². The Kier molecular flexibility index (Phi) is 8.45. The summed E-state index contributed by atoms with van der Waals surface area (Å²) in [5.41, 5.74) is -1.49. The minimum Gasteiger partial charge on any atom is -0.486 e. The third-order valence-electron chi connectivity index (χ3n) is 5.32. The highest BCUT2D eigenvalue weighted by molar-refractivity contribution is 5.68. The van der Waals surface area contributed by atoms with Gasteiger partial charge in [0, 0.05) is 11.1 Å². The van der Waals surface area contributed by atoms with E-state index in [2.05, 4.69) is 5.32 Å². The highest BCUT2D eigenvalue weighted by atomic mass is 19.4. The summed E-state index contributed by atoms with van der Waals surface area (Å²) >= 11 is 0. The van der Waals surface area contributed by atoms with Gasteiger partial charge in [-0.05, 0) is 61.3 Å². The first-order valence-corrected chi connectivity index (χ1v) is 10.9. The van der Waals surface area contributed by atoms with Crippen molar-refractivity contribution in [2.24, 2.45) is 0 Å². The molecule has 3 aromatic rings. The molecule has 35 heavy (non-hydrogen) atoms. The second-order valence-electron chi connectivity index (χ2n) is 7.91. The van der Waals surface area contributed by atoms with Crippen molar-refractivity contribution in [1.29, 1.82) is 0 Å². The third kappa shape index (κ3) is 7.26. The molecule has 3 aromatic carbocycles. The average Bonchev–Trinajstić information content (AvgIpc) is 2.83. The largest absolute Gasteiger partial charge is 0.486 e. The van der Waals surface area contributed by atoms with Gasteiger partial charge in [0.05, 0.1) is 12.1 Å². The molecule has 2 N–H and O–H groups in total. The zero-order chi connectivity index (χ0) is 25.5. The predicted molar refractivity (Wildman–Crippen MR) is 120 cm³/mol. The van der Waals surface area contributed by atoms with E-state index in [1.807, 2.05) is 30.3 Å². The highest BCUT2D eigenvalue weighted by Crippen LogP contribution is 2.39. The van der Waals surface area contributed by atoms with Gasteiger partial charge < -0.3 is 15.2 Å². The summed E-state index contributed by atoms with van der Waals surface area (Å²) in [7, 11) is 0. The zero-order valence-electron chi connectivity index (χ0n) is 18.6. The Morgan fingerprint density at radius 1 is 0.857 bits per heavy atom. The van der Waals surface area contributed by atoms with Crippen LogP contribution in [0.25, 0.3) is 0 Å². The number of hydrogen-bond donors (Lipinski definition) is 2. The molecule has 9 heteroatoms. The van der Waals surface area contributed by atoms with Crippen LogP contribution in [0.5, 0.6) is 5.75 Å². The van der Waals surface area contributed by atoms with Crippen LogP contribution in [0.2, 0.25) is 0 Å². The molecule has 4 nitrogen and oxygen atoms in total. The van der Waals surface area contributed by atoms with Gasteiger partial charge in [-0.15, -0.1) is 0 Å². The SMILES string of the molecule is O=C(O)CNCCCC(Oc1ccc(C(F)(F)c2cccc(C(F)(F)F)c2)cc1)c1ccccc1. The molecule has 0 radical (unpaired) electrons. The summed E-state index contributed by atoms with van der Waals surface area (Å²) in [5.74, 6) is -4.27. The minimum atomic E-state index is -4.72. The van der Waals surface area contributed by atoms with Crippen molar-refractivity contribution in [1.82, 2.24) is 5.32 Å². The van der Waals surface area contributed by atoms with Crippen LogP contribution in [0.4, 0.5) is 22.0 Å². The van der Waals surface area contributed by atoms with E-state index >= 15 is 0 Å². The van der Waals surface area contributed by atoms with E-state index in [1.165, 1.54) is 12.1 Å². The Hall–Kier alpha value is -3.46. The van der Waals surface area contributed by atoms with Crippen molar-refractivity contribution in [2.75, 3.05) is 13.1 Å². The number of aliphatic carboxylic acids is 1. The molecular weight excluding hydrogens is 469 g/mol. The third-order valence-corrected chi connectivity index (χ3v) is 5.32. The van der Waals surface area contributed by atoms with Gasteiger partial charge in [-0.1, -0.05) is 42.5 Å². The summed E-state index contributed by atoms with van der Waals surface area (Å²) in [4.78, 5) is 10.6. The lowest BCUT2D eigenvalue weighted by Gasteiger charge is -2.22. The van der Waals surface area contributed by atoms with E-state index in [0.29, 0.717) is 31.2 Å². The maximum absolute atomic E-state index is 15.0. The molecule has 0 aliphatic heterocycles. The summed E-state index contributed by atoms with van der Waals surface area (Å²) in [6, 6.07) is 17.4. The first-order chi connectivity index (χ1) is 16.6. The van der Waals surface area contributed by atoms with Crippen molar-refractivity contribution in [2.45, 2.75) is 31.0 Å². The van der Waals surface area contributed by atoms with Gasteiger partial charge in [0.25, 0.3) is 5.92 Å². The topological polar surface area (TPSA) is 58.6 Å². The number of carbonyl (C=O) groups is 1. The monoisotopic (exact) mass is 493 g/mol. The molecular formula is C26H24F5NO3. The first kappa shape index (κ1) is 26.2. The van der Waals surface area contributed by atoms with Gasteiger partial charge in [-0.2, -0.15) is 22.0 Å². The number of rotatable bonds is 11. The maximum atomic E-state index is 15.0. The van der Waals surface area contributed by atoms with Gasteiger partial charge in [0.15, 0.2) is 0 Å². The number of carboxylic acid groups (broad SMARTS) is 1. The fourth-order valence-electron chi connectivity index (χ4n) is 3.53. The van der Waals surface area contributed by atoms with Gasteiger partial charge >= 0.3 is 12.1 Å². The van der Waals surface area contributed by atoms with Crippen LogP contribution in [-0.2, 0) is 16.9 Å². The predicted octanol–water partition coefficient (Wildman–Crippen LogP) is 6.42. The van der Waals surface area contributed by atoms with Crippen molar-refractivity contribution >= 4 is 5.97 Å². The second-order valence-corrected chi connectivity index (χ2v) is 7.91. The summed E-state index contributed by atoms with van der Waals surface area (Å²) < 4.78 is 74.8. The molecule has 0 aliphatic carbocycles. The molecule has 0 spiro atoms. The van der Waals surface area contributed by atoms with E-state index in [-0.39, 0.29) is 6.54 Å². The molecule has 0 aliphatic rings. The Morgan fingerprint density at radius 2 is 1.51 bits per heavy atom. The molecule has 0 heterocycles. The molecule has 0 aromatic heterocycles. The molecule has 0 bridgehead atoms. The van der Waals surface area contributed by atoms with E-state index in [1.54, 1.807) is 0 Å². The standard InChI is InChI=1S/C26H24F5NO3/c27-25(28,20-8-4-9-21(16-20)26(29,30)31)19-11-13-22(14-12-19)35-23(18-6-2-1-3-7-18)10-5-15-32-17-24(33)34/h1-4,6-9,11-14,16,23,32H,5,10,15,17H2,(H,33,34). The van der Waals surface area contributed by atoms with Crippen LogP contribution in [0.15, 0.2) is 78.9 Å². The number of nitrogens with one attached hydrogen (secondary N) is 1. The van der Waals surface area contributed by atoms with Crippen molar-refractivity contribution in [3.63, 3.8) is 0 Å². The number of halogens is 5. The van der Waals surface area contributed by atoms with Crippen LogP contribution in [0.3, 0.4) is 0 Å². The Bertz CT molecular complexity index is 1100. The van der Waals surface area contributed by atoms with Crippen LogP contribution in [0, 0.1) is 0 Å². The quantitative estimate of drug-likeness (QED) is 0.239. The van der Waals surface area contributed by atoms with Crippen LogP contribution >= 0.6 is 0 Å². The molecule has 0 fully saturated rings. The minimum absolute atomic E-state index is 0.154. The van der Waals surface area contributed by atoms with Crippen molar-refractivity contribution < 1.29 is 36.6 Å². The zero-order valence-corrected chi connectivity index (χ0v) is 18.6. The highest BCUT2D eigenvalue weighted by Gasteiger charge is 2.37. The Balaban J connectivity index is 1.73. The molecule has 1 atom stereocenters. The lowest BCUT2D eigenvalue weighted by atomic mass is 9.98. The molecule has 0 amide bonds. The van der Waals surface area contributed by atoms with Gasteiger partial charge in [0.1, 0.15) is 11.9 Å². The normalized spacial score (nSPS) is 12.8. The average molecular weight is 493 g/mol. The Morgan fingerprint density at radius 3 is 2.14 bits per heavy atom. The molecule has 0 saturated carbocycles. The molecule has 3 rings (SSSR count). The van der Waals surface area contributed by atoms with Crippen LogP contribution < -0.4 is 10.1 Å². The second kappa shape index (κ2) is 11.3. The van der Waals surface area contributed by atoms with Crippen LogP contribution in [-0.4, -0.2) is 24.2 Å². The lowest BCUT2D eigenvalue weighted by molar-refractivity contribution is -0.138. The maximum Gasteiger partial charge on any atom is 0.416 e. The Labute approximate surface area is 199 Å². The first-order valence-electron chi connectivity index (χ1n) is 10.9. The smallest absolute Gasteiger partial charge is 0.416 e. The van der Waals surface area contributed by atoms with Crippen molar-refractivity contribution in [3.05, 3.63) is 101 Å². The van der Waals surface area contributed by atoms with E-state index < -0.39 is 40.9 Å². The van der Waals surface area contributed by atoms with Gasteiger partial charge in [-0.25, -0.2) is 0 Å². The fraction of sp³-hybridized carbons (Fsp3) is 0.269. The van der Waals surface area contributed by atoms with E-state index in [9.17, 15) is 26.7 Å². The molecule has 186 valence electrons.